The standard InChI is InChI=1S/C11H13N3/c12-6-7-14-9-11(8-13-14)10-4-2-1-3-5-10/h1-5,8-9H,6-7,12H2. The molecule has 0 fully saturated rings. The van der Waals surface area contributed by atoms with Crippen molar-refractivity contribution in [2.75, 3.05) is 6.54 Å². The lowest BCUT2D eigenvalue weighted by Gasteiger charge is -1.96. The van der Waals surface area contributed by atoms with Crippen molar-refractivity contribution in [3.63, 3.8) is 0 Å². The van der Waals surface area contributed by atoms with Crippen LogP contribution < -0.4 is 5.73 Å². The van der Waals surface area contributed by atoms with Gasteiger partial charge in [-0.2, -0.15) is 5.10 Å². The van der Waals surface area contributed by atoms with Crippen LogP contribution in [0, 0.1) is 0 Å². The summed E-state index contributed by atoms with van der Waals surface area (Å²) in [6, 6.07) is 10.2. The minimum Gasteiger partial charge on any atom is -0.329 e. The Morgan fingerprint density at radius 3 is 2.64 bits per heavy atom. The van der Waals surface area contributed by atoms with E-state index in [1.54, 1.807) is 0 Å². The second kappa shape index (κ2) is 4.07. The zero-order valence-electron chi connectivity index (χ0n) is 7.93. The van der Waals surface area contributed by atoms with E-state index in [1.807, 2.05) is 35.3 Å². The summed E-state index contributed by atoms with van der Waals surface area (Å²) in [5, 5.41) is 4.22. The number of hydrogen-bond donors (Lipinski definition) is 1. The largest absolute Gasteiger partial charge is 0.329 e. The van der Waals surface area contributed by atoms with Gasteiger partial charge in [-0.3, -0.25) is 4.68 Å². The molecule has 0 atom stereocenters. The van der Waals surface area contributed by atoms with Crippen LogP contribution in [0.5, 0.6) is 0 Å². The van der Waals surface area contributed by atoms with Gasteiger partial charge in [0.05, 0.1) is 12.7 Å². The Labute approximate surface area is 83.2 Å². The first-order valence-electron chi connectivity index (χ1n) is 4.68. The first kappa shape index (κ1) is 8.97. The third-order valence-corrected chi connectivity index (χ3v) is 2.10. The summed E-state index contributed by atoms with van der Waals surface area (Å²) in [4.78, 5) is 0. The molecule has 0 saturated carbocycles. The van der Waals surface area contributed by atoms with E-state index in [0.717, 1.165) is 12.1 Å². The van der Waals surface area contributed by atoms with Gasteiger partial charge in [0.25, 0.3) is 0 Å². The maximum atomic E-state index is 5.45. The summed E-state index contributed by atoms with van der Waals surface area (Å²) >= 11 is 0. The molecule has 2 N–H and O–H groups in total. The minimum atomic E-state index is 0.621. The Kier molecular flexibility index (Phi) is 2.60. The number of nitrogens with two attached hydrogens (primary N) is 1. The van der Waals surface area contributed by atoms with Crippen molar-refractivity contribution in [3.8, 4) is 11.1 Å². The summed E-state index contributed by atoms with van der Waals surface area (Å²) in [6.45, 7) is 1.39. The van der Waals surface area contributed by atoms with Gasteiger partial charge in [-0.25, -0.2) is 0 Å². The van der Waals surface area contributed by atoms with Crippen molar-refractivity contribution >= 4 is 0 Å². The average Bonchev–Trinajstić information content (AvgIpc) is 2.68. The molecule has 2 rings (SSSR count). The second-order valence-electron chi connectivity index (χ2n) is 3.15. The van der Waals surface area contributed by atoms with Crippen LogP contribution in [0.15, 0.2) is 42.7 Å². The van der Waals surface area contributed by atoms with Gasteiger partial charge in [-0.05, 0) is 5.56 Å². The summed E-state index contributed by atoms with van der Waals surface area (Å²) < 4.78 is 1.86. The molecule has 72 valence electrons. The molecule has 0 saturated heterocycles. The zero-order chi connectivity index (χ0) is 9.80. The van der Waals surface area contributed by atoms with Crippen LogP contribution in [0.4, 0.5) is 0 Å². The van der Waals surface area contributed by atoms with Crippen LogP contribution >= 0.6 is 0 Å². The summed E-state index contributed by atoms with van der Waals surface area (Å²) in [6.07, 6.45) is 3.88. The lowest BCUT2D eigenvalue weighted by molar-refractivity contribution is 0.625. The molecule has 0 aliphatic rings. The fraction of sp³-hybridized carbons (Fsp3) is 0.182. The Morgan fingerprint density at radius 1 is 1.14 bits per heavy atom. The van der Waals surface area contributed by atoms with Crippen molar-refractivity contribution in [2.24, 2.45) is 5.73 Å². The van der Waals surface area contributed by atoms with Gasteiger partial charge in [-0.1, -0.05) is 30.3 Å². The van der Waals surface area contributed by atoms with E-state index in [2.05, 4.69) is 17.2 Å². The molecule has 0 aliphatic heterocycles. The summed E-state index contributed by atoms with van der Waals surface area (Å²) in [5.41, 5.74) is 7.78. The SMILES string of the molecule is NCCn1cc(-c2ccccc2)cn1. The molecular weight excluding hydrogens is 174 g/mol. The van der Waals surface area contributed by atoms with E-state index in [4.69, 9.17) is 5.73 Å². The summed E-state index contributed by atoms with van der Waals surface area (Å²) in [7, 11) is 0. The number of rotatable bonds is 3. The molecule has 0 amide bonds. The molecule has 1 heterocycles. The first-order chi connectivity index (χ1) is 6.90. The molecular formula is C11H13N3. The van der Waals surface area contributed by atoms with Crippen molar-refractivity contribution in [3.05, 3.63) is 42.7 Å². The van der Waals surface area contributed by atoms with E-state index >= 15 is 0 Å². The van der Waals surface area contributed by atoms with E-state index in [-0.39, 0.29) is 0 Å². The monoisotopic (exact) mass is 187 g/mol. The van der Waals surface area contributed by atoms with Crippen LogP contribution in [0.1, 0.15) is 0 Å². The highest BCUT2D eigenvalue weighted by molar-refractivity contribution is 5.61. The Balaban J connectivity index is 2.25. The summed E-state index contributed by atoms with van der Waals surface area (Å²) in [5.74, 6) is 0. The van der Waals surface area contributed by atoms with Gasteiger partial charge < -0.3 is 5.73 Å². The molecule has 0 aliphatic carbocycles. The molecule has 2 aromatic rings. The maximum Gasteiger partial charge on any atom is 0.0568 e. The Morgan fingerprint density at radius 2 is 1.93 bits per heavy atom. The quantitative estimate of drug-likeness (QED) is 0.791. The van der Waals surface area contributed by atoms with Crippen LogP contribution in [-0.2, 0) is 6.54 Å². The predicted octanol–water partition coefficient (Wildman–Crippen LogP) is 1.51. The molecule has 0 spiro atoms. The normalized spacial score (nSPS) is 10.4. The van der Waals surface area contributed by atoms with Crippen LogP contribution in [-0.4, -0.2) is 16.3 Å². The zero-order valence-corrected chi connectivity index (χ0v) is 7.93. The van der Waals surface area contributed by atoms with Gasteiger partial charge in [0.1, 0.15) is 0 Å². The topological polar surface area (TPSA) is 43.8 Å². The van der Waals surface area contributed by atoms with E-state index in [1.165, 1.54) is 5.56 Å². The lowest BCUT2D eigenvalue weighted by Crippen LogP contribution is -2.09. The minimum absolute atomic E-state index is 0.621. The van der Waals surface area contributed by atoms with E-state index < -0.39 is 0 Å². The van der Waals surface area contributed by atoms with Gasteiger partial charge in [0.15, 0.2) is 0 Å². The molecule has 0 radical (unpaired) electrons. The van der Waals surface area contributed by atoms with E-state index in [0.29, 0.717) is 6.54 Å². The van der Waals surface area contributed by atoms with Crippen molar-refractivity contribution in [1.82, 2.24) is 9.78 Å². The third kappa shape index (κ3) is 1.83. The van der Waals surface area contributed by atoms with Crippen molar-refractivity contribution in [1.29, 1.82) is 0 Å². The van der Waals surface area contributed by atoms with Crippen LogP contribution in [0.3, 0.4) is 0 Å². The maximum absolute atomic E-state index is 5.45. The smallest absolute Gasteiger partial charge is 0.0568 e. The Bertz CT molecular complexity index is 392. The second-order valence-corrected chi connectivity index (χ2v) is 3.15. The van der Waals surface area contributed by atoms with Gasteiger partial charge in [-0.15, -0.1) is 0 Å². The number of hydrogen-bond acceptors (Lipinski definition) is 2. The molecule has 3 nitrogen and oxygen atoms in total. The fourth-order valence-electron chi connectivity index (χ4n) is 1.40. The molecule has 1 aromatic carbocycles. The fourth-order valence-corrected chi connectivity index (χ4v) is 1.40. The van der Waals surface area contributed by atoms with Crippen molar-refractivity contribution in [2.45, 2.75) is 6.54 Å². The van der Waals surface area contributed by atoms with Crippen LogP contribution in [0.2, 0.25) is 0 Å². The highest BCUT2D eigenvalue weighted by Crippen LogP contribution is 2.17. The molecule has 1 aromatic heterocycles. The van der Waals surface area contributed by atoms with Gasteiger partial charge in [0, 0.05) is 18.3 Å². The highest BCUT2D eigenvalue weighted by atomic mass is 15.3. The van der Waals surface area contributed by atoms with Crippen molar-refractivity contribution < 1.29 is 0 Å². The van der Waals surface area contributed by atoms with E-state index in [9.17, 15) is 0 Å². The number of nitrogens with zero attached hydrogens (tertiary/aromatic N) is 2. The predicted molar refractivity (Wildman–Crippen MR) is 56.7 cm³/mol. The molecule has 0 bridgehead atoms. The van der Waals surface area contributed by atoms with Gasteiger partial charge >= 0.3 is 0 Å². The number of aromatic nitrogens is 2. The highest BCUT2D eigenvalue weighted by Gasteiger charge is 1.99. The molecule has 3 heteroatoms. The lowest BCUT2D eigenvalue weighted by atomic mass is 10.1. The van der Waals surface area contributed by atoms with Gasteiger partial charge in [0.2, 0.25) is 0 Å². The average molecular weight is 187 g/mol. The van der Waals surface area contributed by atoms with Crippen LogP contribution in [0.25, 0.3) is 11.1 Å². The number of benzene rings is 1. The molecule has 14 heavy (non-hydrogen) atoms. The third-order valence-electron chi connectivity index (χ3n) is 2.10. The molecule has 0 unspecified atom stereocenters. The first-order valence-corrected chi connectivity index (χ1v) is 4.68. The Hall–Kier alpha value is -1.61.